The minimum Gasteiger partial charge on any atom is -0.327 e. The summed E-state index contributed by atoms with van der Waals surface area (Å²) in [4.78, 5) is 15.1. The number of Topliss-reactive ketones (excluding diaryl/α,β-unsaturated/α-hetero) is 1. The lowest BCUT2D eigenvalue weighted by atomic mass is 10.1. The Hall–Kier alpha value is -1.29. The number of hydrogen-bond donors (Lipinski definition) is 1. The molecule has 0 radical (unpaired) electrons. The van der Waals surface area contributed by atoms with E-state index >= 15 is 0 Å². The van der Waals surface area contributed by atoms with Crippen LogP contribution in [0.3, 0.4) is 0 Å². The molecule has 1 atom stereocenters. The summed E-state index contributed by atoms with van der Waals surface area (Å²) < 4.78 is 12.5. The minimum absolute atomic E-state index is 0.139. The molecule has 0 bridgehead atoms. The van der Waals surface area contributed by atoms with Gasteiger partial charge in [-0.15, -0.1) is 0 Å². The predicted octanol–water partition coefficient (Wildman–Crippen LogP) is 1.53. The molecule has 1 unspecified atom stereocenters. The maximum absolute atomic E-state index is 12.5. The van der Waals surface area contributed by atoms with E-state index in [1.165, 1.54) is 12.1 Å². The lowest BCUT2D eigenvalue weighted by Gasteiger charge is -2.06. The zero-order chi connectivity index (χ0) is 10.6. The normalized spacial score (nSPS) is 12.5. The molecule has 1 heterocycles. The van der Waals surface area contributed by atoms with Crippen LogP contribution in [-0.4, -0.2) is 16.8 Å². The number of carbonyl (C=O) groups is 1. The average molecular weight is 196 g/mol. The van der Waals surface area contributed by atoms with Gasteiger partial charge in [0, 0.05) is 12.5 Å². The van der Waals surface area contributed by atoms with Crippen molar-refractivity contribution in [3.8, 4) is 0 Å². The first-order valence-corrected chi connectivity index (χ1v) is 4.53. The van der Waals surface area contributed by atoms with Crippen LogP contribution in [0.15, 0.2) is 18.3 Å². The van der Waals surface area contributed by atoms with Crippen molar-refractivity contribution >= 4 is 5.78 Å². The lowest BCUT2D eigenvalue weighted by molar-refractivity contribution is 0.0969. The van der Waals surface area contributed by atoms with Gasteiger partial charge >= 0.3 is 0 Å². The number of rotatable bonds is 4. The maximum atomic E-state index is 12.5. The van der Waals surface area contributed by atoms with Gasteiger partial charge in [-0.25, -0.2) is 4.39 Å². The number of nitrogens with zero attached hydrogens (tertiary/aromatic N) is 1. The molecule has 0 aliphatic carbocycles. The van der Waals surface area contributed by atoms with Crippen LogP contribution in [0.4, 0.5) is 4.39 Å². The molecule has 1 aromatic heterocycles. The smallest absolute Gasteiger partial charge is 0.182 e. The summed E-state index contributed by atoms with van der Waals surface area (Å²) in [5, 5.41) is 0. The van der Waals surface area contributed by atoms with Crippen LogP contribution in [0.2, 0.25) is 0 Å². The second kappa shape index (κ2) is 4.81. The van der Waals surface area contributed by atoms with E-state index in [1.807, 2.05) is 6.92 Å². The third-order valence-electron chi connectivity index (χ3n) is 1.99. The van der Waals surface area contributed by atoms with E-state index in [0.717, 1.165) is 12.6 Å². The largest absolute Gasteiger partial charge is 0.327 e. The Kier molecular flexibility index (Phi) is 3.71. The Labute approximate surface area is 82.1 Å². The molecular weight excluding hydrogens is 183 g/mol. The van der Waals surface area contributed by atoms with Crippen molar-refractivity contribution in [3.63, 3.8) is 0 Å². The Morgan fingerprint density at radius 1 is 1.64 bits per heavy atom. The first kappa shape index (κ1) is 10.8. The van der Waals surface area contributed by atoms with Crippen LogP contribution in [0.5, 0.6) is 0 Å². The molecule has 0 aliphatic heterocycles. The second-order valence-corrected chi connectivity index (χ2v) is 3.16. The Bertz CT molecular complexity index is 310. The minimum atomic E-state index is -0.443. The number of hydrogen-bond acceptors (Lipinski definition) is 3. The molecule has 2 N–H and O–H groups in total. The average Bonchev–Trinajstić information content (AvgIpc) is 2.18. The molecule has 1 rings (SSSR count). The summed E-state index contributed by atoms with van der Waals surface area (Å²) >= 11 is 0. The van der Waals surface area contributed by atoms with Crippen LogP contribution in [-0.2, 0) is 0 Å². The van der Waals surface area contributed by atoms with Crippen molar-refractivity contribution in [2.24, 2.45) is 5.73 Å². The molecule has 0 saturated carbocycles. The molecule has 3 nitrogen and oxygen atoms in total. The van der Waals surface area contributed by atoms with Gasteiger partial charge in [0.2, 0.25) is 0 Å². The van der Waals surface area contributed by atoms with Gasteiger partial charge in [-0.05, 0) is 18.6 Å². The molecule has 1 aromatic rings. The number of carbonyl (C=O) groups excluding carboxylic acids is 1. The Morgan fingerprint density at radius 2 is 2.36 bits per heavy atom. The van der Waals surface area contributed by atoms with Crippen molar-refractivity contribution in [3.05, 3.63) is 29.8 Å². The first-order chi connectivity index (χ1) is 6.63. The fourth-order valence-corrected chi connectivity index (χ4v) is 1.03. The predicted molar refractivity (Wildman–Crippen MR) is 51.4 cm³/mol. The van der Waals surface area contributed by atoms with E-state index in [-0.39, 0.29) is 23.9 Å². The molecule has 0 spiro atoms. The standard InChI is InChI=1S/C10H13FN2O/c1-2-8(12)5-10(14)9-4-3-7(11)6-13-9/h3-4,6,8H,2,5,12H2,1H3. The van der Waals surface area contributed by atoms with Gasteiger partial charge in [-0.3, -0.25) is 9.78 Å². The number of ketones is 1. The van der Waals surface area contributed by atoms with Gasteiger partial charge in [0.1, 0.15) is 11.5 Å². The molecule has 76 valence electrons. The van der Waals surface area contributed by atoms with Crippen molar-refractivity contribution in [2.45, 2.75) is 25.8 Å². The van der Waals surface area contributed by atoms with Crippen molar-refractivity contribution in [2.75, 3.05) is 0 Å². The lowest BCUT2D eigenvalue weighted by Crippen LogP contribution is -2.23. The fourth-order valence-electron chi connectivity index (χ4n) is 1.03. The summed E-state index contributed by atoms with van der Waals surface area (Å²) in [7, 11) is 0. The van der Waals surface area contributed by atoms with Gasteiger partial charge in [0.25, 0.3) is 0 Å². The highest BCUT2D eigenvalue weighted by atomic mass is 19.1. The molecule has 0 amide bonds. The summed E-state index contributed by atoms with van der Waals surface area (Å²) in [6.07, 6.45) is 2.03. The number of aromatic nitrogens is 1. The van der Waals surface area contributed by atoms with Gasteiger partial charge in [0.15, 0.2) is 5.78 Å². The summed E-state index contributed by atoms with van der Waals surface area (Å²) in [5.74, 6) is -0.583. The highest BCUT2D eigenvalue weighted by Gasteiger charge is 2.11. The van der Waals surface area contributed by atoms with Crippen LogP contribution >= 0.6 is 0 Å². The highest BCUT2D eigenvalue weighted by molar-refractivity contribution is 5.94. The first-order valence-electron chi connectivity index (χ1n) is 4.53. The van der Waals surface area contributed by atoms with E-state index in [9.17, 15) is 9.18 Å². The molecule has 0 aliphatic rings. The van der Waals surface area contributed by atoms with Crippen LogP contribution in [0.25, 0.3) is 0 Å². The molecule has 0 fully saturated rings. The van der Waals surface area contributed by atoms with E-state index < -0.39 is 5.82 Å². The molecular formula is C10H13FN2O. The Morgan fingerprint density at radius 3 is 2.86 bits per heavy atom. The number of pyridine rings is 1. The number of halogens is 1. The SMILES string of the molecule is CCC(N)CC(=O)c1ccc(F)cn1. The van der Waals surface area contributed by atoms with E-state index in [4.69, 9.17) is 5.73 Å². The number of nitrogens with two attached hydrogens (primary N) is 1. The molecule has 0 saturated heterocycles. The quantitative estimate of drug-likeness (QED) is 0.743. The van der Waals surface area contributed by atoms with Gasteiger partial charge in [-0.2, -0.15) is 0 Å². The second-order valence-electron chi connectivity index (χ2n) is 3.16. The van der Waals surface area contributed by atoms with Crippen molar-refractivity contribution in [1.82, 2.24) is 4.98 Å². The van der Waals surface area contributed by atoms with Gasteiger partial charge in [0.05, 0.1) is 6.20 Å². The Balaban J connectivity index is 2.65. The fraction of sp³-hybridized carbons (Fsp3) is 0.400. The van der Waals surface area contributed by atoms with Crippen LogP contribution in [0.1, 0.15) is 30.3 Å². The van der Waals surface area contributed by atoms with Gasteiger partial charge < -0.3 is 5.73 Å². The zero-order valence-electron chi connectivity index (χ0n) is 8.03. The maximum Gasteiger partial charge on any atom is 0.182 e. The van der Waals surface area contributed by atoms with E-state index in [2.05, 4.69) is 4.98 Å². The molecule has 14 heavy (non-hydrogen) atoms. The summed E-state index contributed by atoms with van der Waals surface area (Å²) in [6, 6.07) is 2.45. The third-order valence-corrected chi connectivity index (χ3v) is 1.99. The molecule has 4 heteroatoms. The van der Waals surface area contributed by atoms with Crippen molar-refractivity contribution in [1.29, 1.82) is 0 Å². The van der Waals surface area contributed by atoms with Crippen molar-refractivity contribution < 1.29 is 9.18 Å². The summed E-state index contributed by atoms with van der Waals surface area (Å²) in [6.45, 7) is 1.91. The topological polar surface area (TPSA) is 56.0 Å². The molecule has 0 aromatic carbocycles. The van der Waals surface area contributed by atoms with E-state index in [0.29, 0.717) is 0 Å². The van der Waals surface area contributed by atoms with Crippen LogP contribution < -0.4 is 5.73 Å². The third kappa shape index (κ3) is 2.88. The van der Waals surface area contributed by atoms with E-state index in [1.54, 1.807) is 0 Å². The summed E-state index contributed by atoms with van der Waals surface area (Å²) in [5.41, 5.74) is 5.89. The van der Waals surface area contributed by atoms with Gasteiger partial charge in [-0.1, -0.05) is 6.92 Å². The highest BCUT2D eigenvalue weighted by Crippen LogP contribution is 2.04. The van der Waals surface area contributed by atoms with Crippen LogP contribution in [0, 0.1) is 5.82 Å². The monoisotopic (exact) mass is 196 g/mol. The zero-order valence-corrected chi connectivity index (χ0v) is 8.03.